The van der Waals surface area contributed by atoms with Gasteiger partial charge in [0.2, 0.25) is 0 Å². The van der Waals surface area contributed by atoms with Gasteiger partial charge in [-0.3, -0.25) is 4.90 Å². The molecule has 106 valence electrons. The first-order valence-electron chi connectivity index (χ1n) is 7.87. The Morgan fingerprint density at radius 3 is 2.44 bits per heavy atom. The molecule has 2 rings (SSSR count). The minimum absolute atomic E-state index is 0.392. The summed E-state index contributed by atoms with van der Waals surface area (Å²) in [7, 11) is 0. The molecule has 1 aliphatic carbocycles. The normalized spacial score (nSPS) is 32.0. The Bertz CT molecular complexity index is 256. The first kappa shape index (κ1) is 14.7. The van der Waals surface area contributed by atoms with Gasteiger partial charge in [0.05, 0.1) is 0 Å². The van der Waals surface area contributed by atoms with Crippen LogP contribution in [0.4, 0.5) is 0 Å². The molecule has 2 heteroatoms. The van der Waals surface area contributed by atoms with Crippen LogP contribution in [0.3, 0.4) is 0 Å². The van der Waals surface area contributed by atoms with Crippen molar-refractivity contribution in [3.8, 4) is 0 Å². The summed E-state index contributed by atoms with van der Waals surface area (Å²) in [6.45, 7) is 9.72. The van der Waals surface area contributed by atoms with E-state index in [9.17, 15) is 0 Å². The van der Waals surface area contributed by atoms with Crippen LogP contribution in [0.25, 0.3) is 0 Å². The number of hydrogen-bond donors (Lipinski definition) is 1. The molecular formula is C16H31NS. The molecule has 1 heterocycles. The molecule has 18 heavy (non-hydrogen) atoms. The maximum atomic E-state index is 4.60. The number of piperidine rings is 1. The molecule has 1 aliphatic heterocycles. The first-order chi connectivity index (χ1) is 8.52. The van der Waals surface area contributed by atoms with Crippen LogP contribution >= 0.6 is 12.6 Å². The molecule has 0 spiro atoms. The number of hydrogen-bond acceptors (Lipinski definition) is 2. The summed E-state index contributed by atoms with van der Waals surface area (Å²) in [4.78, 5) is 2.82. The van der Waals surface area contributed by atoms with Crippen molar-refractivity contribution in [2.24, 2.45) is 17.3 Å². The van der Waals surface area contributed by atoms with Crippen LogP contribution in [0.2, 0.25) is 0 Å². The summed E-state index contributed by atoms with van der Waals surface area (Å²) >= 11 is 4.60. The van der Waals surface area contributed by atoms with E-state index in [1.165, 1.54) is 51.6 Å². The van der Waals surface area contributed by atoms with Gasteiger partial charge in [-0.25, -0.2) is 0 Å². The number of thiol groups is 1. The van der Waals surface area contributed by atoms with Crippen molar-refractivity contribution in [2.45, 2.75) is 65.3 Å². The maximum Gasteiger partial charge on any atom is 0.0124 e. The summed E-state index contributed by atoms with van der Waals surface area (Å²) in [5, 5.41) is 0. The average molecular weight is 269 g/mol. The summed E-state index contributed by atoms with van der Waals surface area (Å²) in [5.74, 6) is 2.76. The summed E-state index contributed by atoms with van der Waals surface area (Å²) in [6, 6.07) is 0.900. The van der Waals surface area contributed by atoms with E-state index in [1.54, 1.807) is 0 Å². The molecule has 1 unspecified atom stereocenters. The Morgan fingerprint density at radius 2 is 1.78 bits per heavy atom. The molecule has 0 aromatic carbocycles. The van der Waals surface area contributed by atoms with Gasteiger partial charge in [0.1, 0.15) is 0 Å². The summed E-state index contributed by atoms with van der Waals surface area (Å²) < 4.78 is 0. The molecule has 2 aliphatic rings. The third-order valence-electron chi connectivity index (χ3n) is 5.26. The molecule has 1 saturated heterocycles. The zero-order chi connectivity index (χ0) is 13.2. The Morgan fingerprint density at radius 1 is 1.11 bits per heavy atom. The van der Waals surface area contributed by atoms with Crippen molar-refractivity contribution in [2.75, 3.05) is 18.8 Å². The predicted molar refractivity (Wildman–Crippen MR) is 83.4 cm³/mol. The van der Waals surface area contributed by atoms with E-state index in [-0.39, 0.29) is 0 Å². The van der Waals surface area contributed by atoms with Crippen molar-refractivity contribution in [1.82, 2.24) is 4.90 Å². The minimum Gasteiger partial charge on any atom is -0.300 e. The summed E-state index contributed by atoms with van der Waals surface area (Å²) in [6.07, 6.45) is 8.78. The van der Waals surface area contributed by atoms with Crippen LogP contribution in [0.1, 0.15) is 59.3 Å². The standard InChI is InChI=1S/C16H31NS/c1-16(2,3)14(12-18)11-17-10-6-8-13-7-4-5-9-15(13)17/h13-15,18H,4-12H2,1-3H3/t13-,14?,15-/m1/s1. The number of rotatable bonds is 3. The average Bonchev–Trinajstić information content (AvgIpc) is 2.34. The largest absolute Gasteiger partial charge is 0.300 e. The zero-order valence-corrected chi connectivity index (χ0v) is 13.4. The summed E-state index contributed by atoms with van der Waals surface area (Å²) in [5.41, 5.74) is 0.392. The van der Waals surface area contributed by atoms with Gasteiger partial charge in [-0.2, -0.15) is 12.6 Å². The van der Waals surface area contributed by atoms with E-state index in [4.69, 9.17) is 0 Å². The highest BCUT2D eigenvalue weighted by molar-refractivity contribution is 7.80. The second-order valence-electron chi connectivity index (χ2n) is 7.49. The van der Waals surface area contributed by atoms with Crippen molar-refractivity contribution >= 4 is 12.6 Å². The second kappa shape index (κ2) is 6.17. The van der Waals surface area contributed by atoms with Gasteiger partial charge in [0, 0.05) is 12.6 Å². The lowest BCUT2D eigenvalue weighted by Gasteiger charge is -2.46. The van der Waals surface area contributed by atoms with E-state index in [0.717, 1.165) is 23.6 Å². The van der Waals surface area contributed by atoms with Crippen molar-refractivity contribution < 1.29 is 0 Å². The molecule has 0 N–H and O–H groups in total. The van der Waals surface area contributed by atoms with Gasteiger partial charge in [-0.1, -0.05) is 33.6 Å². The third kappa shape index (κ3) is 3.45. The number of nitrogens with zero attached hydrogens (tertiary/aromatic N) is 1. The lowest BCUT2D eigenvalue weighted by atomic mass is 9.76. The monoisotopic (exact) mass is 269 g/mol. The lowest BCUT2D eigenvalue weighted by Crippen LogP contribution is -2.50. The van der Waals surface area contributed by atoms with Gasteiger partial charge >= 0.3 is 0 Å². The van der Waals surface area contributed by atoms with Gasteiger partial charge in [-0.05, 0) is 55.2 Å². The molecule has 0 aromatic heterocycles. The van der Waals surface area contributed by atoms with Crippen LogP contribution in [-0.4, -0.2) is 29.8 Å². The van der Waals surface area contributed by atoms with Gasteiger partial charge < -0.3 is 0 Å². The lowest BCUT2D eigenvalue weighted by molar-refractivity contribution is 0.0351. The van der Waals surface area contributed by atoms with Crippen LogP contribution in [0.15, 0.2) is 0 Å². The molecule has 1 saturated carbocycles. The van der Waals surface area contributed by atoms with Crippen LogP contribution in [-0.2, 0) is 0 Å². The Labute approximate surface area is 119 Å². The first-order valence-corrected chi connectivity index (χ1v) is 8.50. The molecule has 0 radical (unpaired) electrons. The number of likely N-dealkylation sites (tertiary alicyclic amines) is 1. The van der Waals surface area contributed by atoms with E-state index in [0.29, 0.717) is 5.41 Å². The number of fused-ring (bicyclic) bond motifs is 1. The van der Waals surface area contributed by atoms with Crippen molar-refractivity contribution in [1.29, 1.82) is 0 Å². The predicted octanol–water partition coefficient (Wildman–Crippen LogP) is 4.23. The molecule has 2 fully saturated rings. The Balaban J connectivity index is 1.98. The fourth-order valence-electron chi connectivity index (χ4n) is 3.84. The Kier molecular flexibility index (Phi) is 5.05. The molecule has 0 bridgehead atoms. The third-order valence-corrected chi connectivity index (χ3v) is 5.70. The Hall–Kier alpha value is 0.310. The molecular weight excluding hydrogens is 238 g/mol. The van der Waals surface area contributed by atoms with E-state index >= 15 is 0 Å². The quantitative estimate of drug-likeness (QED) is 0.750. The molecule has 1 nitrogen and oxygen atoms in total. The molecule has 3 atom stereocenters. The van der Waals surface area contributed by atoms with E-state index in [2.05, 4.69) is 38.3 Å². The van der Waals surface area contributed by atoms with Gasteiger partial charge in [0.25, 0.3) is 0 Å². The van der Waals surface area contributed by atoms with Crippen LogP contribution in [0.5, 0.6) is 0 Å². The van der Waals surface area contributed by atoms with Gasteiger partial charge in [0.15, 0.2) is 0 Å². The van der Waals surface area contributed by atoms with E-state index in [1.807, 2.05) is 0 Å². The highest BCUT2D eigenvalue weighted by Gasteiger charge is 2.35. The minimum atomic E-state index is 0.392. The van der Waals surface area contributed by atoms with E-state index < -0.39 is 0 Å². The molecule has 0 amide bonds. The van der Waals surface area contributed by atoms with Crippen molar-refractivity contribution in [3.63, 3.8) is 0 Å². The highest BCUT2D eigenvalue weighted by atomic mass is 32.1. The maximum absolute atomic E-state index is 4.60. The SMILES string of the molecule is CC(C)(C)C(CS)CN1CCC[C@H]2CCCC[C@H]21. The fraction of sp³-hybridized carbons (Fsp3) is 1.00. The fourth-order valence-corrected chi connectivity index (χ4v) is 4.51. The van der Waals surface area contributed by atoms with Crippen LogP contribution < -0.4 is 0 Å². The van der Waals surface area contributed by atoms with Gasteiger partial charge in [-0.15, -0.1) is 0 Å². The van der Waals surface area contributed by atoms with Crippen molar-refractivity contribution in [3.05, 3.63) is 0 Å². The topological polar surface area (TPSA) is 3.24 Å². The smallest absolute Gasteiger partial charge is 0.0124 e. The zero-order valence-electron chi connectivity index (χ0n) is 12.5. The second-order valence-corrected chi connectivity index (χ2v) is 7.86. The van der Waals surface area contributed by atoms with Crippen LogP contribution in [0, 0.1) is 17.3 Å². The molecule has 0 aromatic rings. The highest BCUT2D eigenvalue weighted by Crippen LogP contribution is 2.37.